The molecule has 0 spiro atoms. The summed E-state index contributed by atoms with van der Waals surface area (Å²) in [5, 5.41) is 2.49. The molecule has 3 heteroatoms. The Morgan fingerprint density at radius 1 is 0.824 bits per heavy atom. The predicted molar refractivity (Wildman–Crippen MR) is 142 cm³/mol. The van der Waals surface area contributed by atoms with Crippen molar-refractivity contribution in [3.8, 4) is 0 Å². The van der Waals surface area contributed by atoms with Gasteiger partial charge < -0.3 is 0 Å². The molecule has 3 heterocycles. The van der Waals surface area contributed by atoms with E-state index in [9.17, 15) is 0 Å². The number of benzene rings is 2. The summed E-state index contributed by atoms with van der Waals surface area (Å²) in [5.41, 5.74) is 10.1. The molecule has 0 bridgehead atoms. The number of nitrogens with zero attached hydrogens (tertiary/aromatic N) is 3. The molecule has 0 N–H and O–H groups in total. The number of imidazole rings is 1. The van der Waals surface area contributed by atoms with Gasteiger partial charge in [-0.2, -0.15) is 0 Å². The Labute approximate surface area is 201 Å². The minimum Gasteiger partial charge on any atom is -0.291 e. The highest BCUT2D eigenvalue weighted by atomic mass is 15.0. The molecule has 5 aromatic rings. The SMILES string of the molecule is Cc1ccnc2c3cc(C4CCCCC4)ccc3n3c(nc4cccc(C5CCCCC5)c43)c12. The van der Waals surface area contributed by atoms with Gasteiger partial charge in [0.1, 0.15) is 5.65 Å². The molecule has 0 aliphatic heterocycles. The van der Waals surface area contributed by atoms with Crippen LogP contribution in [0.4, 0.5) is 0 Å². The standard InChI is InChI=1S/C31H33N3/c1-20-17-18-32-29-25-19-23(21-9-4-2-5-10-21)15-16-27(25)34-30-24(22-11-6-3-7-12-22)13-8-14-26(30)33-31(34)28(20)29/h8,13-19,21-22H,2-7,9-12H2,1H3. The minimum atomic E-state index is 0.639. The summed E-state index contributed by atoms with van der Waals surface area (Å²) in [7, 11) is 0. The van der Waals surface area contributed by atoms with Crippen LogP contribution in [-0.2, 0) is 0 Å². The Balaban J connectivity index is 1.59. The van der Waals surface area contributed by atoms with Crippen molar-refractivity contribution in [2.45, 2.75) is 83.0 Å². The van der Waals surface area contributed by atoms with E-state index in [1.54, 1.807) is 0 Å². The first-order chi connectivity index (χ1) is 16.8. The molecule has 0 saturated heterocycles. The lowest BCUT2D eigenvalue weighted by Gasteiger charge is -2.24. The van der Waals surface area contributed by atoms with Gasteiger partial charge in [0.05, 0.1) is 22.1 Å². The third kappa shape index (κ3) is 3.09. The Bertz CT molecular complexity index is 1530. The highest BCUT2D eigenvalue weighted by Gasteiger charge is 2.23. The van der Waals surface area contributed by atoms with Crippen LogP contribution in [0, 0.1) is 6.92 Å². The molecule has 172 valence electrons. The number of rotatable bonds is 2. The lowest BCUT2D eigenvalue weighted by atomic mass is 9.83. The van der Waals surface area contributed by atoms with Crippen LogP contribution in [0.15, 0.2) is 48.7 Å². The Hall–Kier alpha value is -2.94. The second-order valence-electron chi connectivity index (χ2n) is 10.8. The fourth-order valence-corrected chi connectivity index (χ4v) is 6.97. The molecule has 2 aliphatic carbocycles. The highest BCUT2D eigenvalue weighted by molar-refractivity contribution is 6.13. The zero-order chi connectivity index (χ0) is 22.6. The van der Waals surface area contributed by atoms with Gasteiger partial charge >= 0.3 is 0 Å². The van der Waals surface area contributed by atoms with Gasteiger partial charge in [0.2, 0.25) is 0 Å². The van der Waals surface area contributed by atoms with Crippen molar-refractivity contribution in [2.24, 2.45) is 0 Å². The van der Waals surface area contributed by atoms with Crippen molar-refractivity contribution in [3.63, 3.8) is 0 Å². The van der Waals surface area contributed by atoms with Crippen LogP contribution in [0.5, 0.6) is 0 Å². The second-order valence-corrected chi connectivity index (χ2v) is 10.8. The van der Waals surface area contributed by atoms with Gasteiger partial charge in [0.15, 0.2) is 0 Å². The Morgan fingerprint density at radius 2 is 1.59 bits per heavy atom. The Morgan fingerprint density at radius 3 is 2.38 bits per heavy atom. The number of pyridine rings is 2. The molecular weight excluding hydrogens is 414 g/mol. The summed E-state index contributed by atoms with van der Waals surface area (Å²) < 4.78 is 2.48. The van der Waals surface area contributed by atoms with E-state index in [4.69, 9.17) is 9.97 Å². The maximum Gasteiger partial charge on any atom is 0.148 e. The van der Waals surface area contributed by atoms with E-state index >= 15 is 0 Å². The molecule has 0 unspecified atom stereocenters. The summed E-state index contributed by atoms with van der Waals surface area (Å²) in [6.07, 6.45) is 15.4. The predicted octanol–water partition coefficient (Wildman–Crippen LogP) is 8.59. The van der Waals surface area contributed by atoms with Crippen LogP contribution < -0.4 is 0 Å². The quantitative estimate of drug-likeness (QED) is 0.254. The zero-order valence-corrected chi connectivity index (χ0v) is 20.2. The van der Waals surface area contributed by atoms with E-state index in [2.05, 4.69) is 53.8 Å². The van der Waals surface area contributed by atoms with Crippen LogP contribution in [0.1, 0.15) is 92.7 Å². The van der Waals surface area contributed by atoms with Gasteiger partial charge in [-0.05, 0) is 85.4 Å². The maximum absolute atomic E-state index is 5.25. The molecule has 0 radical (unpaired) electrons. The summed E-state index contributed by atoms with van der Waals surface area (Å²) in [6.45, 7) is 2.21. The molecule has 3 nitrogen and oxygen atoms in total. The summed E-state index contributed by atoms with van der Waals surface area (Å²) in [5.74, 6) is 1.32. The third-order valence-electron chi connectivity index (χ3n) is 8.73. The zero-order valence-electron chi connectivity index (χ0n) is 20.2. The number of aromatic nitrogens is 3. The van der Waals surface area contributed by atoms with Crippen molar-refractivity contribution in [1.29, 1.82) is 0 Å². The average Bonchev–Trinajstić information content (AvgIpc) is 3.29. The van der Waals surface area contributed by atoms with Crippen molar-refractivity contribution >= 4 is 38.5 Å². The minimum absolute atomic E-state index is 0.639. The Kier molecular flexibility index (Phi) is 4.85. The van der Waals surface area contributed by atoms with E-state index < -0.39 is 0 Å². The molecule has 2 saturated carbocycles. The van der Waals surface area contributed by atoms with E-state index in [0.29, 0.717) is 11.8 Å². The van der Waals surface area contributed by atoms with Crippen LogP contribution in [0.3, 0.4) is 0 Å². The van der Waals surface area contributed by atoms with E-state index in [1.807, 2.05) is 6.20 Å². The van der Waals surface area contributed by atoms with Crippen molar-refractivity contribution in [2.75, 3.05) is 0 Å². The average molecular weight is 448 g/mol. The number of aryl methyl sites for hydroxylation is 1. The summed E-state index contributed by atoms with van der Waals surface area (Å²) in [6, 6.07) is 16.2. The van der Waals surface area contributed by atoms with Crippen LogP contribution in [0.25, 0.3) is 38.5 Å². The molecule has 34 heavy (non-hydrogen) atoms. The van der Waals surface area contributed by atoms with E-state index in [-0.39, 0.29) is 0 Å². The molecular formula is C31H33N3. The monoisotopic (exact) mass is 447 g/mol. The largest absolute Gasteiger partial charge is 0.291 e. The lowest BCUT2D eigenvalue weighted by Crippen LogP contribution is -2.07. The maximum atomic E-state index is 5.25. The highest BCUT2D eigenvalue weighted by Crippen LogP contribution is 2.41. The first-order valence-electron chi connectivity index (χ1n) is 13.4. The van der Waals surface area contributed by atoms with Crippen LogP contribution in [-0.4, -0.2) is 14.4 Å². The fourth-order valence-electron chi connectivity index (χ4n) is 6.97. The van der Waals surface area contributed by atoms with E-state index in [0.717, 1.165) is 16.7 Å². The fraction of sp³-hybridized carbons (Fsp3) is 0.419. The molecule has 2 fully saturated rings. The molecule has 2 aliphatic rings. The van der Waals surface area contributed by atoms with Gasteiger partial charge in [-0.1, -0.05) is 56.7 Å². The first kappa shape index (κ1) is 20.4. The van der Waals surface area contributed by atoms with Crippen molar-refractivity contribution < 1.29 is 0 Å². The van der Waals surface area contributed by atoms with Gasteiger partial charge in [-0.3, -0.25) is 9.38 Å². The summed E-state index contributed by atoms with van der Waals surface area (Å²) >= 11 is 0. The third-order valence-corrected chi connectivity index (χ3v) is 8.73. The molecule has 0 amide bonds. The number of fused-ring (bicyclic) bond motifs is 8. The molecule has 3 aromatic heterocycles. The van der Waals surface area contributed by atoms with Crippen LogP contribution in [0.2, 0.25) is 0 Å². The first-order valence-corrected chi connectivity index (χ1v) is 13.4. The smallest absolute Gasteiger partial charge is 0.148 e. The molecule has 2 aromatic carbocycles. The topological polar surface area (TPSA) is 30.2 Å². The normalized spacial score (nSPS) is 18.5. The molecule has 0 atom stereocenters. The van der Waals surface area contributed by atoms with Crippen LogP contribution >= 0.6 is 0 Å². The number of hydrogen-bond donors (Lipinski definition) is 0. The molecule has 7 rings (SSSR count). The van der Waals surface area contributed by atoms with E-state index in [1.165, 1.54) is 103 Å². The van der Waals surface area contributed by atoms with Crippen molar-refractivity contribution in [1.82, 2.24) is 14.4 Å². The van der Waals surface area contributed by atoms with Crippen molar-refractivity contribution in [3.05, 3.63) is 65.4 Å². The number of para-hydroxylation sites is 1. The van der Waals surface area contributed by atoms with Gasteiger partial charge in [-0.25, -0.2) is 4.98 Å². The summed E-state index contributed by atoms with van der Waals surface area (Å²) in [4.78, 5) is 10.2. The second kappa shape index (κ2) is 8.08. The van der Waals surface area contributed by atoms with Gasteiger partial charge in [-0.15, -0.1) is 0 Å². The van der Waals surface area contributed by atoms with Gasteiger partial charge in [0.25, 0.3) is 0 Å². The number of hydrogen-bond acceptors (Lipinski definition) is 2. The lowest BCUT2D eigenvalue weighted by molar-refractivity contribution is 0.444. The van der Waals surface area contributed by atoms with Gasteiger partial charge in [0, 0.05) is 17.0 Å².